The predicted molar refractivity (Wildman–Crippen MR) is 119 cm³/mol. The molecule has 1 N–H and O–H groups in total. The maximum absolute atomic E-state index is 12.2. The second-order valence-electron chi connectivity index (χ2n) is 6.84. The number of benzene rings is 2. The molecule has 0 saturated heterocycles. The smallest absolute Gasteiger partial charge is 0.230 e. The highest BCUT2D eigenvalue weighted by Crippen LogP contribution is 2.23. The molecule has 0 aliphatic heterocycles. The molecule has 0 atom stereocenters. The van der Waals surface area contributed by atoms with Crippen molar-refractivity contribution in [1.82, 2.24) is 20.1 Å². The van der Waals surface area contributed by atoms with Crippen molar-refractivity contribution >= 4 is 17.7 Å². The molecule has 0 saturated carbocycles. The highest BCUT2D eigenvalue weighted by molar-refractivity contribution is 7.99. The first-order valence-electron chi connectivity index (χ1n) is 9.74. The quantitative estimate of drug-likeness (QED) is 0.394. The minimum absolute atomic E-state index is 0.0507. The lowest BCUT2D eigenvalue weighted by molar-refractivity contribution is -0.118. The van der Waals surface area contributed by atoms with Crippen molar-refractivity contribution in [3.05, 3.63) is 83.7 Å². The Hall–Kier alpha value is -3.06. The number of allylic oxidation sites excluding steroid dienone is 1. The SMILES string of the molecule is C=CCn1c(COc2cccc(C)c2C)nnc1SCC(=O)NCc1ccccc1. The summed E-state index contributed by atoms with van der Waals surface area (Å²) in [7, 11) is 0. The van der Waals surface area contributed by atoms with E-state index in [1.54, 1.807) is 6.08 Å². The number of carbonyl (C=O) groups excluding carboxylic acids is 1. The number of amides is 1. The fourth-order valence-corrected chi connectivity index (χ4v) is 3.64. The Balaban J connectivity index is 1.58. The highest BCUT2D eigenvalue weighted by Gasteiger charge is 2.14. The number of ether oxygens (including phenoxy) is 1. The molecule has 1 aromatic heterocycles. The largest absolute Gasteiger partial charge is 0.485 e. The zero-order valence-corrected chi connectivity index (χ0v) is 18.1. The molecule has 2 aromatic carbocycles. The highest BCUT2D eigenvalue weighted by atomic mass is 32.2. The van der Waals surface area contributed by atoms with E-state index in [1.165, 1.54) is 17.3 Å². The van der Waals surface area contributed by atoms with Crippen LogP contribution in [0, 0.1) is 13.8 Å². The van der Waals surface area contributed by atoms with E-state index in [9.17, 15) is 4.79 Å². The average Bonchev–Trinajstić information content (AvgIpc) is 3.14. The van der Waals surface area contributed by atoms with Crippen molar-refractivity contribution in [2.45, 2.75) is 38.7 Å². The van der Waals surface area contributed by atoms with E-state index in [0.717, 1.165) is 16.9 Å². The molecule has 6 nitrogen and oxygen atoms in total. The normalized spacial score (nSPS) is 10.6. The van der Waals surface area contributed by atoms with Gasteiger partial charge in [0.25, 0.3) is 0 Å². The van der Waals surface area contributed by atoms with Crippen molar-refractivity contribution < 1.29 is 9.53 Å². The van der Waals surface area contributed by atoms with Crippen molar-refractivity contribution in [2.75, 3.05) is 5.75 Å². The first-order chi connectivity index (χ1) is 14.6. The van der Waals surface area contributed by atoms with Crippen LogP contribution in [0.3, 0.4) is 0 Å². The molecule has 3 aromatic rings. The lowest BCUT2D eigenvalue weighted by Gasteiger charge is -2.12. The molecule has 156 valence electrons. The zero-order chi connectivity index (χ0) is 21.3. The van der Waals surface area contributed by atoms with Gasteiger partial charge in [-0.15, -0.1) is 16.8 Å². The van der Waals surface area contributed by atoms with Crippen LogP contribution in [0.5, 0.6) is 5.75 Å². The number of nitrogens with one attached hydrogen (secondary N) is 1. The summed E-state index contributed by atoms with van der Waals surface area (Å²) in [6.45, 7) is 9.26. The van der Waals surface area contributed by atoms with Crippen LogP contribution < -0.4 is 10.1 Å². The van der Waals surface area contributed by atoms with Crippen molar-refractivity contribution in [3.8, 4) is 5.75 Å². The molecule has 0 aliphatic carbocycles. The summed E-state index contributed by atoms with van der Waals surface area (Å²) in [6, 6.07) is 15.8. The van der Waals surface area contributed by atoms with Crippen molar-refractivity contribution in [2.24, 2.45) is 0 Å². The Kier molecular flexibility index (Phi) is 7.68. The minimum atomic E-state index is -0.0507. The standard InChI is InChI=1S/C23H26N4O2S/c1-4-13-27-21(15-29-20-12-8-9-17(2)18(20)3)25-26-23(27)30-16-22(28)24-14-19-10-6-5-7-11-19/h4-12H,1,13-16H2,2-3H3,(H,24,28). The van der Waals surface area contributed by atoms with Gasteiger partial charge in [0.15, 0.2) is 11.0 Å². The third-order valence-electron chi connectivity index (χ3n) is 4.68. The molecular weight excluding hydrogens is 396 g/mol. The van der Waals surface area contributed by atoms with Gasteiger partial charge < -0.3 is 10.1 Å². The van der Waals surface area contributed by atoms with Gasteiger partial charge in [0, 0.05) is 13.1 Å². The summed E-state index contributed by atoms with van der Waals surface area (Å²) in [5, 5.41) is 12.1. The number of hydrogen-bond donors (Lipinski definition) is 1. The van der Waals surface area contributed by atoms with Crippen LogP contribution in [-0.4, -0.2) is 26.4 Å². The monoisotopic (exact) mass is 422 g/mol. The first kappa shape index (κ1) is 21.6. The Morgan fingerprint density at radius 1 is 1.17 bits per heavy atom. The van der Waals surface area contributed by atoms with Crippen LogP contribution >= 0.6 is 11.8 Å². The summed E-state index contributed by atoms with van der Waals surface area (Å²) in [5.41, 5.74) is 3.35. The number of aromatic nitrogens is 3. The van der Waals surface area contributed by atoms with Gasteiger partial charge in [-0.3, -0.25) is 9.36 Å². The van der Waals surface area contributed by atoms with Gasteiger partial charge in [-0.25, -0.2) is 0 Å². The van der Waals surface area contributed by atoms with Crippen LogP contribution in [0.4, 0.5) is 0 Å². The molecule has 7 heteroatoms. The minimum Gasteiger partial charge on any atom is -0.485 e. The summed E-state index contributed by atoms with van der Waals surface area (Å²) in [4.78, 5) is 12.2. The van der Waals surface area contributed by atoms with E-state index in [1.807, 2.05) is 54.0 Å². The Labute approximate surface area is 181 Å². The van der Waals surface area contributed by atoms with Gasteiger partial charge in [-0.1, -0.05) is 60.3 Å². The molecule has 0 radical (unpaired) electrons. The predicted octanol–water partition coefficient (Wildman–Crippen LogP) is 4.07. The van der Waals surface area contributed by atoms with Crippen LogP contribution in [0.25, 0.3) is 0 Å². The Morgan fingerprint density at radius 3 is 2.73 bits per heavy atom. The number of aryl methyl sites for hydroxylation is 1. The van der Waals surface area contributed by atoms with E-state index in [2.05, 4.69) is 35.1 Å². The third-order valence-corrected chi connectivity index (χ3v) is 5.65. The van der Waals surface area contributed by atoms with Gasteiger partial charge in [0.2, 0.25) is 5.91 Å². The molecule has 3 rings (SSSR count). The number of rotatable bonds is 10. The van der Waals surface area contributed by atoms with E-state index >= 15 is 0 Å². The number of carbonyl (C=O) groups is 1. The molecule has 0 bridgehead atoms. The topological polar surface area (TPSA) is 69.0 Å². The molecule has 0 unspecified atom stereocenters. The van der Waals surface area contributed by atoms with Crippen molar-refractivity contribution in [3.63, 3.8) is 0 Å². The van der Waals surface area contributed by atoms with Gasteiger partial charge in [-0.05, 0) is 36.6 Å². The molecule has 0 spiro atoms. The molecule has 0 aliphatic rings. The molecule has 0 fully saturated rings. The van der Waals surface area contributed by atoms with Crippen molar-refractivity contribution in [1.29, 1.82) is 0 Å². The van der Waals surface area contributed by atoms with Gasteiger partial charge >= 0.3 is 0 Å². The molecule has 1 heterocycles. The summed E-state index contributed by atoms with van der Waals surface area (Å²) in [6.07, 6.45) is 1.78. The Morgan fingerprint density at radius 2 is 1.97 bits per heavy atom. The average molecular weight is 423 g/mol. The Bertz CT molecular complexity index is 1000. The van der Waals surface area contributed by atoms with Crippen LogP contribution in [0.2, 0.25) is 0 Å². The third kappa shape index (κ3) is 5.73. The second-order valence-corrected chi connectivity index (χ2v) is 7.78. The maximum atomic E-state index is 12.2. The molecular formula is C23H26N4O2S. The lowest BCUT2D eigenvalue weighted by Crippen LogP contribution is -2.24. The second kappa shape index (κ2) is 10.6. The summed E-state index contributed by atoms with van der Waals surface area (Å²) in [5.74, 6) is 1.74. The van der Waals surface area contributed by atoms with E-state index in [0.29, 0.717) is 30.7 Å². The van der Waals surface area contributed by atoms with E-state index in [-0.39, 0.29) is 11.7 Å². The van der Waals surface area contributed by atoms with Gasteiger partial charge in [0.1, 0.15) is 12.4 Å². The van der Waals surface area contributed by atoms with Gasteiger partial charge in [-0.2, -0.15) is 0 Å². The first-order valence-corrected chi connectivity index (χ1v) is 10.7. The van der Waals surface area contributed by atoms with Crippen LogP contribution in [0.1, 0.15) is 22.5 Å². The van der Waals surface area contributed by atoms with E-state index < -0.39 is 0 Å². The number of thioether (sulfide) groups is 1. The fraction of sp³-hybridized carbons (Fsp3) is 0.261. The van der Waals surface area contributed by atoms with Crippen LogP contribution in [-0.2, 0) is 24.5 Å². The van der Waals surface area contributed by atoms with Gasteiger partial charge in [0.05, 0.1) is 5.75 Å². The van der Waals surface area contributed by atoms with E-state index in [4.69, 9.17) is 4.74 Å². The number of nitrogens with zero attached hydrogens (tertiary/aromatic N) is 3. The summed E-state index contributed by atoms with van der Waals surface area (Å²) < 4.78 is 7.89. The maximum Gasteiger partial charge on any atom is 0.230 e. The molecule has 1 amide bonds. The summed E-state index contributed by atoms with van der Waals surface area (Å²) >= 11 is 1.35. The lowest BCUT2D eigenvalue weighted by atomic mass is 10.1. The number of hydrogen-bond acceptors (Lipinski definition) is 5. The van der Waals surface area contributed by atoms with Crippen LogP contribution in [0.15, 0.2) is 66.3 Å². The fourth-order valence-electron chi connectivity index (χ4n) is 2.85. The molecule has 30 heavy (non-hydrogen) atoms. The zero-order valence-electron chi connectivity index (χ0n) is 17.3.